The van der Waals surface area contributed by atoms with E-state index < -0.39 is 5.97 Å². The number of carbonyl (C=O) groups excluding carboxylic acids is 2. The Morgan fingerprint density at radius 1 is 0.962 bits per heavy atom. The summed E-state index contributed by atoms with van der Waals surface area (Å²) in [6.45, 7) is 3.30. The molecular weight excluding hydrogens is 332 g/mol. The van der Waals surface area contributed by atoms with E-state index in [0.29, 0.717) is 5.75 Å². The first-order chi connectivity index (χ1) is 12.6. The number of nitrogens with one attached hydrogen (secondary N) is 2. The zero-order chi connectivity index (χ0) is 18.8. The lowest BCUT2D eigenvalue weighted by atomic mass is 10.2. The largest absolute Gasteiger partial charge is 0.482 e. The number of amides is 1. The Bertz CT molecular complexity index is 702. The van der Waals surface area contributed by atoms with Crippen molar-refractivity contribution >= 4 is 23.3 Å². The van der Waals surface area contributed by atoms with Gasteiger partial charge in [0.2, 0.25) is 0 Å². The van der Waals surface area contributed by atoms with Crippen molar-refractivity contribution in [2.45, 2.75) is 26.3 Å². The number of anilines is 2. The second kappa shape index (κ2) is 10.1. The maximum absolute atomic E-state index is 11.6. The SMILES string of the molecule is CC[C@@H](C)NC(=O)COC(=O)COc1ccc(Nc2ccccc2)cc1. The van der Waals surface area contributed by atoms with Gasteiger partial charge in [-0.05, 0) is 49.7 Å². The average molecular weight is 356 g/mol. The molecule has 138 valence electrons. The highest BCUT2D eigenvalue weighted by Gasteiger charge is 2.10. The van der Waals surface area contributed by atoms with E-state index in [1.54, 1.807) is 12.1 Å². The van der Waals surface area contributed by atoms with Crippen LogP contribution >= 0.6 is 0 Å². The molecular formula is C20H24N2O4. The van der Waals surface area contributed by atoms with Gasteiger partial charge in [-0.15, -0.1) is 0 Å². The van der Waals surface area contributed by atoms with E-state index >= 15 is 0 Å². The third-order valence-electron chi connectivity index (χ3n) is 3.66. The number of ether oxygens (including phenoxy) is 2. The number of rotatable bonds is 9. The lowest BCUT2D eigenvalue weighted by molar-refractivity contribution is -0.150. The van der Waals surface area contributed by atoms with Crippen molar-refractivity contribution in [1.29, 1.82) is 0 Å². The molecule has 0 aliphatic heterocycles. The molecule has 0 bridgehead atoms. The minimum absolute atomic E-state index is 0.0560. The zero-order valence-electron chi connectivity index (χ0n) is 15.0. The lowest BCUT2D eigenvalue weighted by Gasteiger charge is -2.12. The van der Waals surface area contributed by atoms with Crippen LogP contribution in [0.1, 0.15) is 20.3 Å². The standard InChI is InChI=1S/C20H24N2O4/c1-3-15(2)21-19(23)13-26-20(24)14-25-18-11-9-17(10-12-18)22-16-7-5-4-6-8-16/h4-12,15,22H,3,13-14H2,1-2H3,(H,21,23)/t15-/m1/s1. The summed E-state index contributed by atoms with van der Waals surface area (Å²) in [7, 11) is 0. The predicted octanol–water partition coefficient (Wildman–Crippen LogP) is 3.27. The fourth-order valence-corrected chi connectivity index (χ4v) is 2.07. The molecule has 0 saturated heterocycles. The van der Waals surface area contributed by atoms with Crippen LogP contribution < -0.4 is 15.4 Å². The molecule has 0 saturated carbocycles. The van der Waals surface area contributed by atoms with Crippen molar-refractivity contribution in [2.24, 2.45) is 0 Å². The van der Waals surface area contributed by atoms with Gasteiger partial charge in [-0.2, -0.15) is 0 Å². The molecule has 2 rings (SSSR count). The third-order valence-corrected chi connectivity index (χ3v) is 3.66. The molecule has 1 amide bonds. The summed E-state index contributed by atoms with van der Waals surface area (Å²) in [6.07, 6.45) is 0.817. The molecule has 26 heavy (non-hydrogen) atoms. The van der Waals surface area contributed by atoms with Gasteiger partial charge >= 0.3 is 5.97 Å². The first-order valence-electron chi connectivity index (χ1n) is 8.56. The molecule has 6 nitrogen and oxygen atoms in total. The average Bonchev–Trinajstić information content (AvgIpc) is 2.66. The first kappa shape index (κ1) is 19.3. The van der Waals surface area contributed by atoms with Gasteiger partial charge in [0.1, 0.15) is 5.75 Å². The fraction of sp³-hybridized carbons (Fsp3) is 0.300. The zero-order valence-corrected chi connectivity index (χ0v) is 15.0. The first-order valence-corrected chi connectivity index (χ1v) is 8.56. The summed E-state index contributed by atoms with van der Waals surface area (Å²) in [4.78, 5) is 23.2. The smallest absolute Gasteiger partial charge is 0.344 e. The van der Waals surface area contributed by atoms with Crippen LogP contribution in [0.2, 0.25) is 0 Å². The van der Waals surface area contributed by atoms with Gasteiger partial charge in [0, 0.05) is 17.4 Å². The predicted molar refractivity (Wildman–Crippen MR) is 101 cm³/mol. The fourth-order valence-electron chi connectivity index (χ4n) is 2.07. The summed E-state index contributed by atoms with van der Waals surface area (Å²) in [6, 6.07) is 17.1. The maximum atomic E-state index is 11.6. The van der Waals surface area contributed by atoms with Crippen LogP contribution in [0.25, 0.3) is 0 Å². The van der Waals surface area contributed by atoms with Crippen molar-refractivity contribution < 1.29 is 19.1 Å². The van der Waals surface area contributed by atoms with Crippen LogP contribution in [0, 0.1) is 0 Å². The normalized spacial score (nSPS) is 11.3. The highest BCUT2D eigenvalue weighted by molar-refractivity contribution is 5.81. The highest BCUT2D eigenvalue weighted by Crippen LogP contribution is 2.19. The van der Waals surface area contributed by atoms with Gasteiger partial charge in [-0.25, -0.2) is 4.79 Å². The quantitative estimate of drug-likeness (QED) is 0.675. The molecule has 0 radical (unpaired) electrons. The van der Waals surface area contributed by atoms with Crippen LogP contribution in [0.3, 0.4) is 0 Å². The number of para-hydroxylation sites is 1. The van der Waals surface area contributed by atoms with E-state index in [1.807, 2.05) is 56.3 Å². The van der Waals surface area contributed by atoms with E-state index in [0.717, 1.165) is 17.8 Å². The van der Waals surface area contributed by atoms with Crippen LogP contribution in [0.5, 0.6) is 5.75 Å². The molecule has 2 N–H and O–H groups in total. The molecule has 2 aromatic rings. The molecule has 0 aliphatic carbocycles. The molecule has 2 aromatic carbocycles. The Hall–Kier alpha value is -3.02. The number of carbonyl (C=O) groups is 2. The van der Waals surface area contributed by atoms with Gasteiger partial charge in [-0.3, -0.25) is 4.79 Å². The summed E-state index contributed by atoms with van der Waals surface area (Å²) in [5.74, 6) is -0.357. The van der Waals surface area contributed by atoms with Crippen LogP contribution in [0.4, 0.5) is 11.4 Å². The van der Waals surface area contributed by atoms with Crippen molar-refractivity contribution in [2.75, 3.05) is 18.5 Å². The van der Waals surface area contributed by atoms with Crippen molar-refractivity contribution in [3.8, 4) is 5.75 Å². The second-order valence-electron chi connectivity index (χ2n) is 5.84. The Morgan fingerprint density at radius 3 is 2.27 bits per heavy atom. The summed E-state index contributed by atoms with van der Waals surface area (Å²) in [5, 5.41) is 5.98. The number of benzene rings is 2. The van der Waals surface area contributed by atoms with Crippen molar-refractivity contribution in [3.05, 3.63) is 54.6 Å². The molecule has 1 atom stereocenters. The van der Waals surface area contributed by atoms with Crippen molar-refractivity contribution in [3.63, 3.8) is 0 Å². The molecule has 0 spiro atoms. The Balaban J connectivity index is 1.72. The van der Waals surface area contributed by atoms with Crippen LogP contribution in [-0.2, 0) is 14.3 Å². The lowest BCUT2D eigenvalue weighted by Crippen LogP contribution is -2.35. The molecule has 6 heteroatoms. The highest BCUT2D eigenvalue weighted by atomic mass is 16.6. The van der Waals surface area contributed by atoms with E-state index in [1.165, 1.54) is 0 Å². The van der Waals surface area contributed by atoms with E-state index in [9.17, 15) is 9.59 Å². The molecule has 0 aromatic heterocycles. The van der Waals surface area contributed by atoms with Gasteiger partial charge in [-0.1, -0.05) is 25.1 Å². The van der Waals surface area contributed by atoms with Gasteiger partial charge in [0.25, 0.3) is 5.91 Å². The van der Waals surface area contributed by atoms with E-state index in [4.69, 9.17) is 9.47 Å². The van der Waals surface area contributed by atoms with Crippen LogP contribution in [0.15, 0.2) is 54.6 Å². The molecule has 0 heterocycles. The maximum Gasteiger partial charge on any atom is 0.344 e. The minimum Gasteiger partial charge on any atom is -0.482 e. The Labute approximate surface area is 153 Å². The van der Waals surface area contributed by atoms with Gasteiger partial charge in [0.05, 0.1) is 0 Å². The van der Waals surface area contributed by atoms with E-state index in [-0.39, 0.29) is 25.2 Å². The summed E-state index contributed by atoms with van der Waals surface area (Å²) >= 11 is 0. The number of hydrogen-bond acceptors (Lipinski definition) is 5. The Morgan fingerprint density at radius 2 is 1.62 bits per heavy atom. The summed E-state index contributed by atoms with van der Waals surface area (Å²) < 4.78 is 10.3. The minimum atomic E-state index is -0.587. The summed E-state index contributed by atoms with van der Waals surface area (Å²) in [5.41, 5.74) is 1.90. The monoisotopic (exact) mass is 356 g/mol. The Kier molecular flexibility index (Phi) is 7.49. The van der Waals surface area contributed by atoms with Gasteiger partial charge < -0.3 is 20.1 Å². The molecule has 0 unspecified atom stereocenters. The third kappa shape index (κ3) is 6.84. The number of hydrogen-bond donors (Lipinski definition) is 2. The van der Waals surface area contributed by atoms with E-state index in [2.05, 4.69) is 10.6 Å². The van der Waals surface area contributed by atoms with Crippen LogP contribution in [-0.4, -0.2) is 31.1 Å². The van der Waals surface area contributed by atoms with Gasteiger partial charge in [0.15, 0.2) is 13.2 Å². The molecule has 0 fully saturated rings. The molecule has 0 aliphatic rings. The topological polar surface area (TPSA) is 76.7 Å². The van der Waals surface area contributed by atoms with Crippen molar-refractivity contribution in [1.82, 2.24) is 5.32 Å². The number of esters is 1. The second-order valence-corrected chi connectivity index (χ2v) is 5.84.